The molecule has 1 fully saturated rings. The van der Waals surface area contributed by atoms with Crippen molar-refractivity contribution in [1.82, 2.24) is 10.2 Å². The fourth-order valence-electron chi connectivity index (χ4n) is 2.44. The molecule has 1 rings (SSSR count). The molecule has 1 aliphatic rings. The van der Waals surface area contributed by atoms with Gasteiger partial charge in [-0.2, -0.15) is 0 Å². The van der Waals surface area contributed by atoms with Crippen molar-refractivity contribution < 1.29 is 9.59 Å². The third kappa shape index (κ3) is 5.29. The highest BCUT2D eigenvalue weighted by Gasteiger charge is 2.26. The minimum Gasteiger partial charge on any atom is -0.346 e. The van der Waals surface area contributed by atoms with E-state index < -0.39 is 6.04 Å². The van der Waals surface area contributed by atoms with Gasteiger partial charge in [-0.1, -0.05) is 20.8 Å². The summed E-state index contributed by atoms with van der Waals surface area (Å²) in [4.78, 5) is 25.8. The highest BCUT2D eigenvalue weighted by Crippen LogP contribution is 2.19. The molecule has 2 atom stereocenters. The van der Waals surface area contributed by atoms with E-state index in [0.29, 0.717) is 6.04 Å². The van der Waals surface area contributed by atoms with Gasteiger partial charge in [-0.15, -0.1) is 12.4 Å². The lowest BCUT2D eigenvalue weighted by atomic mass is 10.00. The molecule has 0 radical (unpaired) electrons. The van der Waals surface area contributed by atoms with Gasteiger partial charge in [0.25, 0.3) is 0 Å². The summed E-state index contributed by atoms with van der Waals surface area (Å²) in [6.45, 7) is 6.76. The molecular formula is C14H28ClN3O2. The van der Waals surface area contributed by atoms with Crippen molar-refractivity contribution in [2.45, 2.75) is 58.5 Å². The van der Waals surface area contributed by atoms with Gasteiger partial charge in [0.2, 0.25) is 11.8 Å². The molecule has 0 bridgehead atoms. The summed E-state index contributed by atoms with van der Waals surface area (Å²) in [5.41, 5.74) is 5.74. The Bertz CT molecular complexity index is 324. The van der Waals surface area contributed by atoms with Gasteiger partial charge in [0.05, 0.1) is 12.6 Å². The molecule has 1 aliphatic heterocycles. The SMILES string of the molecule is CCC1CCCCN1C(=O)CNC(=O)[C@@H](N)C(C)C.Cl. The minimum absolute atomic E-state index is 0. The number of amides is 2. The Morgan fingerprint density at radius 1 is 1.35 bits per heavy atom. The zero-order valence-electron chi connectivity index (χ0n) is 12.7. The van der Waals surface area contributed by atoms with E-state index in [-0.39, 0.29) is 36.7 Å². The monoisotopic (exact) mass is 305 g/mol. The van der Waals surface area contributed by atoms with Crippen LogP contribution in [-0.4, -0.2) is 41.9 Å². The number of likely N-dealkylation sites (tertiary alicyclic amines) is 1. The van der Waals surface area contributed by atoms with Crippen molar-refractivity contribution in [1.29, 1.82) is 0 Å². The number of halogens is 1. The number of nitrogens with zero attached hydrogens (tertiary/aromatic N) is 1. The topological polar surface area (TPSA) is 75.4 Å². The van der Waals surface area contributed by atoms with Gasteiger partial charge in [0.15, 0.2) is 0 Å². The number of piperidine rings is 1. The van der Waals surface area contributed by atoms with Crippen LogP contribution >= 0.6 is 12.4 Å². The standard InChI is InChI=1S/C14H27N3O2.ClH/c1-4-11-7-5-6-8-17(11)12(18)9-16-14(19)13(15)10(2)3;/h10-11,13H,4-9,15H2,1-3H3,(H,16,19);1H/t11?,13-;/m0./s1. The van der Waals surface area contributed by atoms with Crippen LogP contribution in [0.25, 0.3) is 0 Å². The molecule has 3 N–H and O–H groups in total. The lowest BCUT2D eigenvalue weighted by Gasteiger charge is -2.35. The number of nitrogens with two attached hydrogens (primary N) is 1. The van der Waals surface area contributed by atoms with Crippen LogP contribution in [0, 0.1) is 5.92 Å². The van der Waals surface area contributed by atoms with Crippen LogP contribution < -0.4 is 11.1 Å². The molecule has 0 aliphatic carbocycles. The van der Waals surface area contributed by atoms with Crippen LogP contribution in [0.1, 0.15) is 46.5 Å². The Balaban J connectivity index is 0.00000361. The maximum atomic E-state index is 12.1. The van der Waals surface area contributed by atoms with Crippen molar-refractivity contribution in [3.63, 3.8) is 0 Å². The number of hydrogen-bond donors (Lipinski definition) is 2. The molecule has 0 aromatic carbocycles. The third-order valence-corrected chi connectivity index (χ3v) is 3.85. The van der Waals surface area contributed by atoms with E-state index in [1.807, 2.05) is 18.7 Å². The Labute approximate surface area is 128 Å². The first-order valence-electron chi connectivity index (χ1n) is 7.30. The lowest BCUT2D eigenvalue weighted by molar-refractivity contribution is -0.136. The van der Waals surface area contributed by atoms with Crippen LogP contribution in [-0.2, 0) is 9.59 Å². The predicted molar refractivity (Wildman–Crippen MR) is 82.7 cm³/mol. The third-order valence-electron chi connectivity index (χ3n) is 3.85. The van der Waals surface area contributed by atoms with Crippen LogP contribution in [0.15, 0.2) is 0 Å². The number of nitrogens with one attached hydrogen (secondary N) is 1. The summed E-state index contributed by atoms with van der Waals surface area (Å²) in [6, 6.07) is -0.215. The van der Waals surface area contributed by atoms with Crippen molar-refractivity contribution >= 4 is 24.2 Å². The number of hydrogen-bond acceptors (Lipinski definition) is 3. The Hall–Kier alpha value is -0.810. The maximum absolute atomic E-state index is 12.1. The Morgan fingerprint density at radius 2 is 2.00 bits per heavy atom. The molecule has 6 heteroatoms. The second-order valence-electron chi connectivity index (χ2n) is 5.63. The zero-order valence-corrected chi connectivity index (χ0v) is 13.5. The number of rotatable bonds is 5. The van der Waals surface area contributed by atoms with E-state index >= 15 is 0 Å². The number of carbonyl (C=O) groups excluding carboxylic acids is 2. The summed E-state index contributed by atoms with van der Waals surface area (Å²) in [6.07, 6.45) is 4.29. The van der Waals surface area contributed by atoms with Gasteiger partial charge in [0, 0.05) is 12.6 Å². The maximum Gasteiger partial charge on any atom is 0.242 e. The first-order valence-corrected chi connectivity index (χ1v) is 7.30. The van der Waals surface area contributed by atoms with Gasteiger partial charge in [-0.3, -0.25) is 9.59 Å². The molecule has 0 aromatic rings. The molecule has 1 saturated heterocycles. The lowest BCUT2D eigenvalue weighted by Crippen LogP contribution is -2.50. The largest absolute Gasteiger partial charge is 0.346 e. The fraction of sp³-hybridized carbons (Fsp3) is 0.857. The van der Waals surface area contributed by atoms with Crippen LogP contribution in [0.3, 0.4) is 0 Å². The predicted octanol–water partition coefficient (Wildman–Crippen LogP) is 1.30. The van der Waals surface area contributed by atoms with Crippen LogP contribution in [0.2, 0.25) is 0 Å². The molecule has 20 heavy (non-hydrogen) atoms. The molecule has 118 valence electrons. The fourth-order valence-corrected chi connectivity index (χ4v) is 2.44. The molecule has 1 heterocycles. The smallest absolute Gasteiger partial charge is 0.242 e. The highest BCUT2D eigenvalue weighted by molar-refractivity contribution is 5.87. The summed E-state index contributed by atoms with van der Waals surface area (Å²) < 4.78 is 0. The summed E-state index contributed by atoms with van der Waals surface area (Å²) in [5.74, 6) is -0.155. The first kappa shape index (κ1) is 19.2. The molecule has 0 aromatic heterocycles. The van der Waals surface area contributed by atoms with E-state index in [4.69, 9.17) is 5.73 Å². The van der Waals surface area contributed by atoms with E-state index in [1.54, 1.807) is 0 Å². The molecule has 0 spiro atoms. The highest BCUT2D eigenvalue weighted by atomic mass is 35.5. The van der Waals surface area contributed by atoms with Gasteiger partial charge in [-0.05, 0) is 31.6 Å². The van der Waals surface area contributed by atoms with Crippen LogP contribution in [0.5, 0.6) is 0 Å². The van der Waals surface area contributed by atoms with Gasteiger partial charge in [-0.25, -0.2) is 0 Å². The molecule has 1 unspecified atom stereocenters. The zero-order chi connectivity index (χ0) is 14.4. The quantitative estimate of drug-likeness (QED) is 0.804. The van der Waals surface area contributed by atoms with Crippen molar-refractivity contribution in [3.8, 4) is 0 Å². The van der Waals surface area contributed by atoms with Gasteiger partial charge in [0.1, 0.15) is 0 Å². The molecule has 5 nitrogen and oxygen atoms in total. The van der Waals surface area contributed by atoms with Crippen molar-refractivity contribution in [2.75, 3.05) is 13.1 Å². The van der Waals surface area contributed by atoms with E-state index in [9.17, 15) is 9.59 Å². The molecular weight excluding hydrogens is 278 g/mol. The van der Waals surface area contributed by atoms with Gasteiger partial charge >= 0.3 is 0 Å². The molecule has 0 saturated carbocycles. The second kappa shape index (κ2) is 9.19. The van der Waals surface area contributed by atoms with E-state index in [0.717, 1.165) is 25.8 Å². The Kier molecular flexibility index (Phi) is 8.81. The summed E-state index contributed by atoms with van der Waals surface area (Å²) in [5, 5.41) is 2.65. The second-order valence-corrected chi connectivity index (χ2v) is 5.63. The summed E-state index contributed by atoms with van der Waals surface area (Å²) in [7, 11) is 0. The average molecular weight is 306 g/mol. The molecule has 2 amide bonds. The minimum atomic E-state index is -0.545. The van der Waals surface area contributed by atoms with Crippen molar-refractivity contribution in [2.24, 2.45) is 11.7 Å². The van der Waals surface area contributed by atoms with Crippen molar-refractivity contribution in [3.05, 3.63) is 0 Å². The number of carbonyl (C=O) groups is 2. The Morgan fingerprint density at radius 3 is 2.55 bits per heavy atom. The van der Waals surface area contributed by atoms with Crippen LogP contribution in [0.4, 0.5) is 0 Å². The van der Waals surface area contributed by atoms with Gasteiger partial charge < -0.3 is 16.0 Å². The van der Waals surface area contributed by atoms with E-state index in [1.165, 1.54) is 6.42 Å². The average Bonchev–Trinajstić information content (AvgIpc) is 2.43. The normalized spacial score (nSPS) is 20.2. The van der Waals surface area contributed by atoms with E-state index in [2.05, 4.69) is 12.2 Å². The first-order chi connectivity index (χ1) is 8.97. The summed E-state index contributed by atoms with van der Waals surface area (Å²) >= 11 is 0.